The first-order valence-corrected chi connectivity index (χ1v) is 14.0. The fourth-order valence-electron chi connectivity index (χ4n) is 5.42. The molecule has 0 bridgehead atoms. The SMILES string of the molecule is CC(C)c1ccc(CN(C)C(=O)[C@@H]2CCCN(c3cccc(OC(C)(C)C(=O)N4CCNCC4)c3)C2)cc1.Cl. The Labute approximate surface area is 240 Å². The van der Waals surface area contributed by atoms with Crippen molar-refractivity contribution in [1.82, 2.24) is 15.1 Å². The molecule has 1 N–H and O–H groups in total. The van der Waals surface area contributed by atoms with E-state index in [0.29, 0.717) is 37.8 Å². The molecule has 4 rings (SSSR count). The molecule has 0 radical (unpaired) electrons. The van der Waals surface area contributed by atoms with Crippen LogP contribution in [0.3, 0.4) is 0 Å². The molecule has 2 amide bonds. The molecule has 8 heteroatoms. The summed E-state index contributed by atoms with van der Waals surface area (Å²) in [6.45, 7) is 13.3. The van der Waals surface area contributed by atoms with Gasteiger partial charge < -0.3 is 24.8 Å². The van der Waals surface area contributed by atoms with Crippen molar-refractivity contribution < 1.29 is 14.3 Å². The summed E-state index contributed by atoms with van der Waals surface area (Å²) >= 11 is 0. The second-order valence-electron chi connectivity index (χ2n) is 11.5. The van der Waals surface area contributed by atoms with Gasteiger partial charge in [0.25, 0.3) is 5.91 Å². The molecule has 2 saturated heterocycles. The Hall–Kier alpha value is -2.77. The summed E-state index contributed by atoms with van der Waals surface area (Å²) in [5.74, 6) is 1.33. The van der Waals surface area contributed by atoms with Crippen molar-refractivity contribution in [1.29, 1.82) is 0 Å². The van der Waals surface area contributed by atoms with Gasteiger partial charge in [0.1, 0.15) is 5.75 Å². The van der Waals surface area contributed by atoms with E-state index in [1.54, 1.807) is 0 Å². The van der Waals surface area contributed by atoms with Crippen LogP contribution < -0.4 is 15.0 Å². The van der Waals surface area contributed by atoms with E-state index in [4.69, 9.17) is 4.74 Å². The highest BCUT2D eigenvalue weighted by Crippen LogP contribution is 2.29. The summed E-state index contributed by atoms with van der Waals surface area (Å²) in [7, 11) is 1.91. The maximum atomic E-state index is 13.4. The number of amides is 2. The molecule has 0 spiro atoms. The number of hydrogen-bond donors (Lipinski definition) is 1. The van der Waals surface area contributed by atoms with Crippen LogP contribution in [-0.2, 0) is 16.1 Å². The summed E-state index contributed by atoms with van der Waals surface area (Å²) in [6.07, 6.45) is 1.86. The van der Waals surface area contributed by atoms with Gasteiger partial charge in [-0.05, 0) is 55.9 Å². The fraction of sp³-hybridized carbons (Fsp3) is 0.548. The number of benzene rings is 2. The Balaban J connectivity index is 0.00000420. The molecular weight excluding hydrogens is 512 g/mol. The molecular formula is C31H45ClN4O3. The zero-order valence-corrected chi connectivity index (χ0v) is 24.9. The maximum Gasteiger partial charge on any atom is 0.266 e. The minimum atomic E-state index is -0.952. The van der Waals surface area contributed by atoms with Gasteiger partial charge in [-0.3, -0.25) is 9.59 Å². The Kier molecular flexibility index (Phi) is 10.7. The third-order valence-electron chi connectivity index (χ3n) is 7.69. The number of piperidine rings is 1. The largest absolute Gasteiger partial charge is 0.478 e. The second kappa shape index (κ2) is 13.5. The first-order valence-electron chi connectivity index (χ1n) is 14.0. The number of nitrogens with one attached hydrogen (secondary N) is 1. The summed E-state index contributed by atoms with van der Waals surface area (Å²) in [6, 6.07) is 16.5. The minimum Gasteiger partial charge on any atom is -0.478 e. The van der Waals surface area contributed by atoms with Crippen molar-refractivity contribution in [2.75, 3.05) is 51.2 Å². The van der Waals surface area contributed by atoms with E-state index in [9.17, 15) is 9.59 Å². The van der Waals surface area contributed by atoms with Crippen molar-refractivity contribution in [3.63, 3.8) is 0 Å². The van der Waals surface area contributed by atoms with Crippen LogP contribution in [0.4, 0.5) is 5.69 Å². The third-order valence-corrected chi connectivity index (χ3v) is 7.69. The molecule has 2 heterocycles. The maximum absolute atomic E-state index is 13.4. The van der Waals surface area contributed by atoms with Crippen molar-refractivity contribution in [3.8, 4) is 5.75 Å². The minimum absolute atomic E-state index is 0. The normalized spacial score (nSPS) is 17.9. The van der Waals surface area contributed by atoms with Gasteiger partial charge in [-0.1, -0.05) is 44.2 Å². The lowest BCUT2D eigenvalue weighted by molar-refractivity contribution is -0.146. The number of rotatable bonds is 8. The first-order chi connectivity index (χ1) is 18.1. The molecule has 2 aliphatic heterocycles. The highest BCUT2D eigenvalue weighted by molar-refractivity contribution is 5.85. The molecule has 2 fully saturated rings. The third kappa shape index (κ3) is 7.89. The molecule has 0 aliphatic carbocycles. The number of anilines is 1. The Morgan fingerprint density at radius 3 is 2.44 bits per heavy atom. The molecule has 2 aromatic carbocycles. The second-order valence-corrected chi connectivity index (χ2v) is 11.5. The van der Waals surface area contributed by atoms with E-state index >= 15 is 0 Å². The van der Waals surface area contributed by atoms with Crippen LogP contribution in [0, 0.1) is 5.92 Å². The number of carbonyl (C=O) groups excluding carboxylic acids is 2. The van der Waals surface area contributed by atoms with Crippen LogP contribution >= 0.6 is 12.4 Å². The summed E-state index contributed by atoms with van der Waals surface area (Å²) in [4.78, 5) is 32.5. The van der Waals surface area contributed by atoms with E-state index in [0.717, 1.165) is 43.7 Å². The number of carbonyl (C=O) groups is 2. The predicted molar refractivity (Wildman–Crippen MR) is 160 cm³/mol. The number of hydrogen-bond acceptors (Lipinski definition) is 5. The summed E-state index contributed by atoms with van der Waals surface area (Å²) in [5.41, 5.74) is 2.54. The Morgan fingerprint density at radius 2 is 1.77 bits per heavy atom. The van der Waals surface area contributed by atoms with Crippen LogP contribution in [0.2, 0.25) is 0 Å². The Bertz CT molecular complexity index is 1100. The number of ether oxygens (including phenoxy) is 1. The van der Waals surface area contributed by atoms with Gasteiger partial charge in [0.2, 0.25) is 5.91 Å². The summed E-state index contributed by atoms with van der Waals surface area (Å²) < 4.78 is 6.24. The number of halogens is 1. The van der Waals surface area contributed by atoms with Crippen molar-refractivity contribution >= 4 is 29.9 Å². The van der Waals surface area contributed by atoms with Crippen molar-refractivity contribution in [2.45, 2.75) is 58.6 Å². The monoisotopic (exact) mass is 556 g/mol. The molecule has 2 aliphatic rings. The standard InChI is InChI=1S/C31H44N4O3.ClH/c1-23(2)25-13-11-24(12-14-25)21-33(5)29(36)26-8-7-17-35(22-26)27-9-6-10-28(20-27)38-31(3,4)30(37)34-18-15-32-16-19-34;/h6,9-14,20,23,26,32H,7-8,15-19,21-22H2,1-5H3;1H/t26-;/m1./s1. The molecule has 0 unspecified atom stereocenters. The smallest absolute Gasteiger partial charge is 0.266 e. The molecule has 7 nitrogen and oxygen atoms in total. The van der Waals surface area contributed by atoms with E-state index in [-0.39, 0.29) is 30.1 Å². The van der Waals surface area contributed by atoms with Crippen LogP contribution in [0.1, 0.15) is 57.6 Å². The molecule has 0 aromatic heterocycles. The van der Waals surface area contributed by atoms with Crippen molar-refractivity contribution in [2.24, 2.45) is 5.92 Å². The van der Waals surface area contributed by atoms with Gasteiger partial charge >= 0.3 is 0 Å². The fourth-order valence-corrected chi connectivity index (χ4v) is 5.42. The van der Waals surface area contributed by atoms with Crippen LogP contribution in [-0.4, -0.2) is 73.5 Å². The Morgan fingerprint density at radius 1 is 1.08 bits per heavy atom. The van der Waals surface area contributed by atoms with Gasteiger partial charge in [0.15, 0.2) is 5.60 Å². The molecule has 39 heavy (non-hydrogen) atoms. The average Bonchev–Trinajstić information content (AvgIpc) is 2.93. The van der Waals surface area contributed by atoms with E-state index in [2.05, 4.69) is 54.4 Å². The molecule has 214 valence electrons. The first kappa shape index (κ1) is 30.8. The lowest BCUT2D eigenvalue weighted by Gasteiger charge is -2.36. The quantitative estimate of drug-likeness (QED) is 0.511. The van der Waals surface area contributed by atoms with E-state index in [1.165, 1.54) is 5.56 Å². The molecule has 2 aromatic rings. The number of piperazine rings is 1. The van der Waals surface area contributed by atoms with Gasteiger partial charge in [0.05, 0.1) is 5.92 Å². The topological polar surface area (TPSA) is 65.1 Å². The van der Waals surface area contributed by atoms with Gasteiger partial charge in [0, 0.05) is 64.6 Å². The molecule has 0 saturated carbocycles. The zero-order valence-electron chi connectivity index (χ0n) is 24.1. The van der Waals surface area contributed by atoms with E-state index in [1.807, 2.05) is 48.9 Å². The summed E-state index contributed by atoms with van der Waals surface area (Å²) in [5, 5.41) is 3.28. The molecule has 1 atom stereocenters. The zero-order chi connectivity index (χ0) is 27.3. The van der Waals surface area contributed by atoms with Crippen LogP contribution in [0.15, 0.2) is 48.5 Å². The van der Waals surface area contributed by atoms with Crippen molar-refractivity contribution in [3.05, 3.63) is 59.7 Å². The van der Waals surface area contributed by atoms with Gasteiger partial charge in [-0.15, -0.1) is 12.4 Å². The van der Waals surface area contributed by atoms with Gasteiger partial charge in [-0.2, -0.15) is 0 Å². The van der Waals surface area contributed by atoms with E-state index < -0.39 is 5.60 Å². The predicted octanol–water partition coefficient (Wildman–Crippen LogP) is 4.70. The lowest BCUT2D eigenvalue weighted by Crippen LogP contribution is -2.54. The number of nitrogens with zero attached hydrogens (tertiary/aromatic N) is 3. The average molecular weight is 557 g/mol. The highest BCUT2D eigenvalue weighted by Gasteiger charge is 2.35. The van der Waals surface area contributed by atoms with Crippen LogP contribution in [0.5, 0.6) is 5.75 Å². The van der Waals surface area contributed by atoms with Gasteiger partial charge in [-0.25, -0.2) is 0 Å². The highest BCUT2D eigenvalue weighted by atomic mass is 35.5. The van der Waals surface area contributed by atoms with Crippen LogP contribution in [0.25, 0.3) is 0 Å². The lowest BCUT2D eigenvalue weighted by atomic mass is 9.95.